The lowest BCUT2D eigenvalue weighted by atomic mass is 9.87. The highest BCUT2D eigenvalue weighted by Crippen LogP contribution is 2.58. The van der Waals surface area contributed by atoms with E-state index in [1.807, 2.05) is 108 Å². The van der Waals surface area contributed by atoms with Crippen molar-refractivity contribution in [1.29, 1.82) is 0 Å². The molecule has 0 spiro atoms. The fourth-order valence-corrected chi connectivity index (χ4v) is 7.57. The molecule has 5 aromatic carbocycles. The molecule has 1 amide bonds. The average molecular weight is 617 g/mol. The topological polar surface area (TPSA) is 29.5 Å². The normalized spacial score (nSPS) is 20.1. The number of thioether (sulfide) groups is 1. The predicted octanol–water partition coefficient (Wildman–Crippen LogP) is 9.47. The zero-order chi connectivity index (χ0) is 27.8. The van der Waals surface area contributed by atoms with Crippen LogP contribution in [0.5, 0.6) is 0 Å². The Kier molecular flexibility index (Phi) is 6.77. The molecule has 0 unspecified atom stereocenters. The molecule has 0 aromatic heterocycles. The Labute approximate surface area is 252 Å². The summed E-state index contributed by atoms with van der Waals surface area (Å²) in [5, 5.41) is 0.0157. The number of nitrogens with zero attached hydrogens (tertiary/aromatic N) is 1. The molecule has 2 heterocycles. The standard InChI is InChI=1S/C36H26BrNO2S/c37-29-20-12-17-27(23-29)32-24-36(28-18-8-3-9-19-28)38(30-21-10-11-22-31(30)41-32)35(39)33(25-13-4-1-5-14-25)34(40-36)26-15-6-2-7-16-26/h1-23,32H,24H2/t32-,36+/m0/s1. The van der Waals surface area contributed by atoms with Crippen LogP contribution in [-0.4, -0.2) is 5.91 Å². The second-order valence-corrected chi connectivity index (χ2v) is 12.3. The van der Waals surface area contributed by atoms with Gasteiger partial charge in [0.25, 0.3) is 5.91 Å². The monoisotopic (exact) mass is 615 g/mol. The van der Waals surface area contributed by atoms with E-state index in [-0.39, 0.29) is 11.2 Å². The van der Waals surface area contributed by atoms with Gasteiger partial charge < -0.3 is 4.74 Å². The van der Waals surface area contributed by atoms with Crippen LogP contribution in [0, 0.1) is 0 Å². The molecule has 200 valence electrons. The Bertz CT molecular complexity index is 1760. The molecule has 5 aromatic rings. The molecule has 7 rings (SSSR count). The molecule has 2 aliphatic heterocycles. The fourth-order valence-electron chi connectivity index (χ4n) is 5.81. The van der Waals surface area contributed by atoms with Crippen molar-refractivity contribution in [2.45, 2.75) is 22.3 Å². The summed E-state index contributed by atoms with van der Waals surface area (Å²) in [6.45, 7) is 0. The van der Waals surface area contributed by atoms with Crippen molar-refractivity contribution in [1.82, 2.24) is 0 Å². The number of benzene rings is 5. The van der Waals surface area contributed by atoms with Crippen molar-refractivity contribution in [2.75, 3.05) is 4.90 Å². The van der Waals surface area contributed by atoms with Gasteiger partial charge in [0.1, 0.15) is 5.76 Å². The second kappa shape index (κ2) is 10.7. The van der Waals surface area contributed by atoms with Crippen molar-refractivity contribution in [3.05, 3.63) is 166 Å². The summed E-state index contributed by atoms with van der Waals surface area (Å²) in [6.07, 6.45) is 0.553. The summed E-state index contributed by atoms with van der Waals surface area (Å²) in [5.41, 5.74) is 4.13. The first-order chi connectivity index (χ1) is 20.1. The molecule has 0 fully saturated rings. The van der Waals surface area contributed by atoms with Gasteiger partial charge in [-0.05, 0) is 35.4 Å². The molecule has 0 N–H and O–H groups in total. The van der Waals surface area contributed by atoms with Crippen LogP contribution in [0.4, 0.5) is 5.69 Å². The van der Waals surface area contributed by atoms with Gasteiger partial charge in [0.05, 0.1) is 11.3 Å². The number of halogens is 1. The summed E-state index contributed by atoms with van der Waals surface area (Å²) in [5.74, 6) is 0.521. The molecule has 2 aliphatic rings. The number of hydrogen-bond acceptors (Lipinski definition) is 3. The van der Waals surface area contributed by atoms with Gasteiger partial charge in [0.15, 0.2) is 0 Å². The van der Waals surface area contributed by atoms with Gasteiger partial charge in [-0.1, -0.05) is 131 Å². The van der Waals surface area contributed by atoms with E-state index in [1.54, 1.807) is 11.8 Å². The first-order valence-corrected chi connectivity index (χ1v) is 15.3. The van der Waals surface area contributed by atoms with Crippen LogP contribution in [0.15, 0.2) is 149 Å². The number of anilines is 1. The summed E-state index contributed by atoms with van der Waals surface area (Å²) < 4.78 is 8.39. The minimum Gasteiger partial charge on any atom is -0.462 e. The highest BCUT2D eigenvalue weighted by molar-refractivity contribution is 9.10. The van der Waals surface area contributed by atoms with Crippen LogP contribution in [0.2, 0.25) is 0 Å². The molecule has 0 radical (unpaired) electrons. The zero-order valence-electron chi connectivity index (χ0n) is 22.1. The maximum atomic E-state index is 15.1. The van der Waals surface area contributed by atoms with Crippen LogP contribution in [0.25, 0.3) is 11.3 Å². The molecule has 0 saturated heterocycles. The van der Waals surface area contributed by atoms with Crippen LogP contribution in [0.3, 0.4) is 0 Å². The number of carbonyl (C=O) groups excluding carboxylic acids is 1. The number of rotatable bonds is 4. The second-order valence-electron chi connectivity index (χ2n) is 10.2. The number of amides is 1. The summed E-state index contributed by atoms with van der Waals surface area (Å²) in [4.78, 5) is 18.1. The maximum Gasteiger partial charge on any atom is 0.266 e. The van der Waals surface area contributed by atoms with E-state index in [2.05, 4.69) is 52.3 Å². The van der Waals surface area contributed by atoms with Gasteiger partial charge in [-0.25, -0.2) is 0 Å². The first-order valence-electron chi connectivity index (χ1n) is 13.6. The van der Waals surface area contributed by atoms with Gasteiger partial charge in [-0.2, -0.15) is 0 Å². The summed E-state index contributed by atoms with van der Waals surface area (Å²) in [7, 11) is 0. The van der Waals surface area contributed by atoms with Crippen molar-refractivity contribution in [3.63, 3.8) is 0 Å². The van der Waals surface area contributed by atoms with Crippen LogP contribution < -0.4 is 4.90 Å². The number of carbonyl (C=O) groups is 1. The predicted molar refractivity (Wildman–Crippen MR) is 170 cm³/mol. The third-order valence-corrected chi connectivity index (χ3v) is 9.47. The Morgan fingerprint density at radius 2 is 1.37 bits per heavy atom. The molecule has 2 atom stereocenters. The largest absolute Gasteiger partial charge is 0.462 e. The van der Waals surface area contributed by atoms with E-state index < -0.39 is 5.72 Å². The maximum absolute atomic E-state index is 15.1. The van der Waals surface area contributed by atoms with E-state index in [1.165, 1.54) is 5.56 Å². The molecular formula is C36H26BrNO2S. The van der Waals surface area contributed by atoms with E-state index in [4.69, 9.17) is 4.74 Å². The Hall–Kier alpha value is -4.06. The minimum atomic E-state index is -1.09. The number of para-hydroxylation sites is 1. The number of fused-ring (bicyclic) bond motifs is 3. The van der Waals surface area contributed by atoms with E-state index in [0.717, 1.165) is 31.7 Å². The van der Waals surface area contributed by atoms with Gasteiger partial charge in [-0.15, -0.1) is 11.8 Å². The lowest BCUT2D eigenvalue weighted by Gasteiger charge is -2.48. The lowest BCUT2D eigenvalue weighted by molar-refractivity contribution is -0.120. The highest BCUT2D eigenvalue weighted by atomic mass is 79.9. The van der Waals surface area contributed by atoms with Crippen molar-refractivity contribution >= 4 is 50.6 Å². The SMILES string of the molecule is O=C1C(c2ccccc2)=C(c2ccccc2)O[C@@]2(c3ccccc3)C[C@@H](c3cccc(Br)c3)Sc3ccccc3N12. The van der Waals surface area contributed by atoms with E-state index >= 15 is 4.79 Å². The van der Waals surface area contributed by atoms with Gasteiger partial charge in [0.2, 0.25) is 5.72 Å². The Morgan fingerprint density at radius 1 is 0.732 bits per heavy atom. The quantitative estimate of drug-likeness (QED) is 0.202. The zero-order valence-corrected chi connectivity index (χ0v) is 24.5. The van der Waals surface area contributed by atoms with Crippen molar-refractivity contribution in [2.24, 2.45) is 0 Å². The third kappa shape index (κ3) is 4.59. The van der Waals surface area contributed by atoms with Crippen molar-refractivity contribution in [3.8, 4) is 0 Å². The van der Waals surface area contributed by atoms with E-state index in [9.17, 15) is 0 Å². The molecule has 41 heavy (non-hydrogen) atoms. The van der Waals surface area contributed by atoms with Crippen LogP contribution in [0.1, 0.15) is 33.9 Å². The minimum absolute atomic E-state index is 0.0157. The molecule has 3 nitrogen and oxygen atoms in total. The van der Waals surface area contributed by atoms with Crippen LogP contribution >= 0.6 is 27.7 Å². The van der Waals surface area contributed by atoms with Crippen molar-refractivity contribution < 1.29 is 9.53 Å². The van der Waals surface area contributed by atoms with Gasteiger partial charge in [0, 0.05) is 32.2 Å². The summed E-state index contributed by atoms with van der Waals surface area (Å²) in [6, 6.07) is 46.7. The molecule has 0 saturated carbocycles. The lowest BCUT2D eigenvalue weighted by Crippen LogP contribution is -2.55. The summed E-state index contributed by atoms with van der Waals surface area (Å²) >= 11 is 5.46. The molecule has 5 heteroatoms. The van der Waals surface area contributed by atoms with E-state index in [0.29, 0.717) is 17.8 Å². The number of hydrogen-bond donors (Lipinski definition) is 0. The smallest absolute Gasteiger partial charge is 0.266 e. The molecular weight excluding hydrogens is 590 g/mol. The third-order valence-electron chi connectivity index (χ3n) is 7.66. The van der Waals surface area contributed by atoms with Gasteiger partial charge in [-0.3, -0.25) is 9.69 Å². The molecule has 0 aliphatic carbocycles. The fraction of sp³-hybridized carbons (Fsp3) is 0.0833. The van der Waals surface area contributed by atoms with Crippen LogP contribution in [-0.2, 0) is 15.3 Å². The highest BCUT2D eigenvalue weighted by Gasteiger charge is 2.54. The Balaban J connectivity index is 1.55. The average Bonchev–Trinajstić information content (AvgIpc) is 3.18. The first kappa shape index (κ1) is 25.9. The Morgan fingerprint density at radius 3 is 2.07 bits per heavy atom. The number of ether oxygens (including phenoxy) is 1. The van der Waals surface area contributed by atoms with Gasteiger partial charge >= 0.3 is 0 Å². The molecule has 0 bridgehead atoms.